The van der Waals surface area contributed by atoms with E-state index in [2.05, 4.69) is 5.32 Å². The maximum absolute atomic E-state index is 11.8. The topological polar surface area (TPSA) is 117 Å². The number of esters is 1. The van der Waals surface area contributed by atoms with Crippen molar-refractivity contribution in [2.45, 2.75) is 12.5 Å². The van der Waals surface area contributed by atoms with E-state index in [1.54, 1.807) is 12.1 Å². The molecule has 2 aliphatic heterocycles. The van der Waals surface area contributed by atoms with E-state index in [4.69, 9.17) is 18.9 Å². The van der Waals surface area contributed by atoms with E-state index >= 15 is 0 Å². The molecule has 0 bridgehead atoms. The zero-order chi connectivity index (χ0) is 20.1. The van der Waals surface area contributed by atoms with Gasteiger partial charge in [0, 0.05) is 12.1 Å². The van der Waals surface area contributed by atoms with Crippen LogP contribution < -0.4 is 19.5 Å². The second kappa shape index (κ2) is 8.51. The van der Waals surface area contributed by atoms with Crippen LogP contribution >= 0.6 is 0 Å². The molecule has 0 saturated carbocycles. The summed E-state index contributed by atoms with van der Waals surface area (Å²) in [7, 11) is -1.58. The summed E-state index contributed by atoms with van der Waals surface area (Å²) in [5.41, 5.74) is 0.638. The minimum absolute atomic E-state index is 0.0550. The molecule has 1 fully saturated rings. The predicted molar refractivity (Wildman–Crippen MR) is 99.2 cm³/mol. The molecule has 2 aliphatic rings. The smallest absolute Gasteiger partial charge is 0.331 e. The molecular weight excluding hydrogens is 390 g/mol. The van der Waals surface area contributed by atoms with E-state index in [1.807, 2.05) is 0 Å². The number of hydrogen-bond acceptors (Lipinski definition) is 8. The number of carbonyl (C=O) groups excluding carboxylic acids is 2. The van der Waals surface area contributed by atoms with E-state index < -0.39 is 34.4 Å². The first-order valence-electron chi connectivity index (χ1n) is 8.68. The van der Waals surface area contributed by atoms with Crippen molar-refractivity contribution in [3.8, 4) is 17.2 Å². The molecule has 1 atom stereocenters. The van der Waals surface area contributed by atoms with Crippen molar-refractivity contribution in [3.05, 3.63) is 23.8 Å². The Balaban J connectivity index is 1.52. The van der Waals surface area contributed by atoms with E-state index in [0.29, 0.717) is 42.4 Å². The standard InChI is InChI=1S/C18H21NO8S/c1-24-14-8-12(9-15-18(14)26-6-5-25-15)2-3-17(21)27-10-16(20)19-13-4-7-28(22,23)11-13/h2-3,8-9,13H,4-7,10-11H2,1H3,(H,19,20)/b3-2+/t13-/m0/s1. The summed E-state index contributed by atoms with van der Waals surface area (Å²) in [5, 5.41) is 2.55. The van der Waals surface area contributed by atoms with Crippen molar-refractivity contribution < 1.29 is 37.0 Å². The first kappa shape index (κ1) is 20.0. The summed E-state index contributed by atoms with van der Waals surface area (Å²) in [6, 6.07) is 2.95. The highest BCUT2D eigenvalue weighted by Crippen LogP contribution is 2.40. The van der Waals surface area contributed by atoms with Crippen molar-refractivity contribution in [1.82, 2.24) is 5.32 Å². The van der Waals surface area contributed by atoms with Crippen LogP contribution in [-0.4, -0.2) is 64.8 Å². The van der Waals surface area contributed by atoms with Gasteiger partial charge in [-0.05, 0) is 30.2 Å². The van der Waals surface area contributed by atoms with Gasteiger partial charge < -0.3 is 24.3 Å². The number of amides is 1. The van der Waals surface area contributed by atoms with E-state index in [9.17, 15) is 18.0 Å². The minimum atomic E-state index is -3.09. The Labute approximate surface area is 162 Å². The molecule has 0 spiro atoms. The Bertz CT molecular complexity index is 876. The molecule has 152 valence electrons. The Morgan fingerprint density at radius 2 is 2.07 bits per heavy atom. The fraction of sp³-hybridized carbons (Fsp3) is 0.444. The summed E-state index contributed by atoms with van der Waals surface area (Å²) >= 11 is 0. The quantitative estimate of drug-likeness (QED) is 0.526. The molecule has 1 amide bonds. The normalized spacial score (nSPS) is 20.0. The summed E-state index contributed by atoms with van der Waals surface area (Å²) < 4.78 is 43.9. The average molecular weight is 411 g/mol. The van der Waals surface area contributed by atoms with Gasteiger partial charge in [0.2, 0.25) is 5.75 Å². The SMILES string of the molecule is COc1cc(/C=C/C(=O)OCC(=O)N[C@H]2CCS(=O)(=O)C2)cc2c1OCCO2. The molecule has 1 saturated heterocycles. The van der Waals surface area contributed by atoms with Crippen LogP contribution in [0.4, 0.5) is 0 Å². The monoisotopic (exact) mass is 411 g/mol. The first-order valence-corrected chi connectivity index (χ1v) is 10.5. The van der Waals surface area contributed by atoms with Gasteiger partial charge in [-0.1, -0.05) is 0 Å². The van der Waals surface area contributed by atoms with Gasteiger partial charge in [0.1, 0.15) is 13.2 Å². The molecule has 0 unspecified atom stereocenters. The lowest BCUT2D eigenvalue weighted by molar-refractivity contribution is -0.143. The number of sulfone groups is 1. The van der Waals surface area contributed by atoms with Crippen LogP contribution in [0.5, 0.6) is 17.2 Å². The highest BCUT2D eigenvalue weighted by Gasteiger charge is 2.29. The van der Waals surface area contributed by atoms with Gasteiger partial charge in [0.05, 0.1) is 18.6 Å². The van der Waals surface area contributed by atoms with E-state index in [-0.39, 0.29) is 11.5 Å². The van der Waals surface area contributed by atoms with Crippen molar-refractivity contribution in [1.29, 1.82) is 0 Å². The Hall–Kier alpha value is -2.75. The molecule has 9 nitrogen and oxygen atoms in total. The van der Waals surface area contributed by atoms with E-state index in [1.165, 1.54) is 19.3 Å². The van der Waals surface area contributed by atoms with Gasteiger partial charge in [-0.25, -0.2) is 13.2 Å². The lowest BCUT2D eigenvalue weighted by Crippen LogP contribution is -2.38. The minimum Gasteiger partial charge on any atom is -0.493 e. The fourth-order valence-corrected chi connectivity index (χ4v) is 4.59. The summed E-state index contributed by atoms with van der Waals surface area (Å²) in [5.74, 6) is 0.241. The fourth-order valence-electron chi connectivity index (χ4n) is 2.92. The van der Waals surface area contributed by atoms with Crippen LogP contribution in [0.1, 0.15) is 12.0 Å². The maximum atomic E-state index is 11.8. The van der Waals surface area contributed by atoms with Crippen LogP contribution in [0, 0.1) is 0 Å². The van der Waals surface area contributed by atoms with Gasteiger partial charge in [-0.3, -0.25) is 4.79 Å². The van der Waals surface area contributed by atoms with Crippen molar-refractivity contribution in [2.24, 2.45) is 0 Å². The molecule has 0 aromatic heterocycles. The largest absolute Gasteiger partial charge is 0.493 e. The maximum Gasteiger partial charge on any atom is 0.331 e. The molecule has 28 heavy (non-hydrogen) atoms. The molecular formula is C18H21NO8S. The van der Waals surface area contributed by atoms with Gasteiger partial charge in [-0.15, -0.1) is 0 Å². The zero-order valence-electron chi connectivity index (χ0n) is 15.3. The van der Waals surface area contributed by atoms with Crippen molar-refractivity contribution in [3.63, 3.8) is 0 Å². The molecule has 1 aromatic carbocycles. The molecule has 0 radical (unpaired) electrons. The number of methoxy groups -OCH3 is 1. The molecule has 1 aromatic rings. The molecule has 2 heterocycles. The van der Waals surface area contributed by atoms with Crippen molar-refractivity contribution in [2.75, 3.05) is 38.4 Å². The Morgan fingerprint density at radius 3 is 2.79 bits per heavy atom. The molecule has 1 N–H and O–H groups in total. The van der Waals surface area contributed by atoms with Crippen LogP contribution in [-0.2, 0) is 24.2 Å². The summed E-state index contributed by atoms with van der Waals surface area (Å²) in [4.78, 5) is 23.6. The molecule has 0 aliphatic carbocycles. The Morgan fingerprint density at radius 1 is 1.29 bits per heavy atom. The average Bonchev–Trinajstić information content (AvgIpc) is 3.02. The predicted octanol–water partition coefficient (Wildman–Crippen LogP) is 0.326. The van der Waals surface area contributed by atoms with Crippen molar-refractivity contribution >= 4 is 27.8 Å². The van der Waals surface area contributed by atoms with Crippen LogP contribution in [0.2, 0.25) is 0 Å². The van der Waals surface area contributed by atoms with Crippen LogP contribution in [0.25, 0.3) is 6.08 Å². The zero-order valence-corrected chi connectivity index (χ0v) is 16.1. The number of rotatable bonds is 6. The number of carbonyl (C=O) groups is 2. The Kier molecular flexibility index (Phi) is 6.08. The third-order valence-electron chi connectivity index (χ3n) is 4.21. The number of fused-ring (bicyclic) bond motifs is 1. The first-order chi connectivity index (χ1) is 13.4. The van der Waals surface area contributed by atoms with Gasteiger partial charge in [-0.2, -0.15) is 0 Å². The second-order valence-electron chi connectivity index (χ2n) is 6.36. The third kappa shape index (κ3) is 5.16. The number of benzene rings is 1. The van der Waals surface area contributed by atoms with E-state index in [0.717, 1.165) is 0 Å². The van der Waals surface area contributed by atoms with Gasteiger partial charge in [0.25, 0.3) is 5.91 Å². The highest BCUT2D eigenvalue weighted by molar-refractivity contribution is 7.91. The summed E-state index contributed by atoms with van der Waals surface area (Å²) in [6.07, 6.45) is 3.05. The number of hydrogen-bond donors (Lipinski definition) is 1. The van der Waals surface area contributed by atoms with Crippen LogP contribution in [0.3, 0.4) is 0 Å². The highest BCUT2D eigenvalue weighted by atomic mass is 32.2. The number of nitrogens with one attached hydrogen (secondary N) is 1. The van der Waals surface area contributed by atoms with Crippen LogP contribution in [0.15, 0.2) is 18.2 Å². The molecule has 3 rings (SSSR count). The summed E-state index contributed by atoms with van der Waals surface area (Å²) in [6.45, 7) is 0.368. The molecule has 10 heteroatoms. The number of ether oxygens (including phenoxy) is 4. The van der Waals surface area contributed by atoms with Gasteiger partial charge in [0.15, 0.2) is 27.9 Å². The second-order valence-corrected chi connectivity index (χ2v) is 8.58. The third-order valence-corrected chi connectivity index (χ3v) is 5.97. The lowest BCUT2D eigenvalue weighted by Gasteiger charge is -2.20. The lowest BCUT2D eigenvalue weighted by atomic mass is 10.1. The van der Waals surface area contributed by atoms with Gasteiger partial charge >= 0.3 is 5.97 Å².